The summed E-state index contributed by atoms with van der Waals surface area (Å²) in [7, 11) is 0. The molecule has 1 aliphatic heterocycles. The predicted octanol–water partition coefficient (Wildman–Crippen LogP) is 1.64. The molecule has 1 saturated heterocycles. The van der Waals surface area contributed by atoms with Gasteiger partial charge in [-0.25, -0.2) is 0 Å². The summed E-state index contributed by atoms with van der Waals surface area (Å²) >= 11 is 1.93. The third kappa shape index (κ3) is 3.07. The van der Waals surface area contributed by atoms with Crippen LogP contribution in [0.25, 0.3) is 0 Å². The number of amides is 2. The molecule has 5 heteroatoms. The van der Waals surface area contributed by atoms with Crippen molar-refractivity contribution in [2.45, 2.75) is 57.4 Å². The maximum atomic E-state index is 12.6. The van der Waals surface area contributed by atoms with Crippen LogP contribution in [0.4, 0.5) is 0 Å². The Morgan fingerprint density at radius 1 is 1.37 bits per heavy atom. The molecule has 2 aliphatic rings. The molecule has 3 unspecified atom stereocenters. The standard InChI is InChI=1S/C14H24N2O2S/c1-4-19-11-7-5-6-10(11)16-8-12(17)15-13(9(2)3)14(16)18/h9-11,13H,4-8H2,1-3H3,(H,15,17). The van der Waals surface area contributed by atoms with E-state index in [9.17, 15) is 9.59 Å². The molecule has 1 N–H and O–H groups in total. The first kappa shape index (κ1) is 14.7. The molecule has 2 fully saturated rings. The van der Waals surface area contributed by atoms with E-state index in [0.29, 0.717) is 5.25 Å². The second-order valence-corrected chi connectivity index (χ2v) is 7.26. The highest BCUT2D eigenvalue weighted by molar-refractivity contribution is 7.99. The average Bonchev–Trinajstić information content (AvgIpc) is 2.80. The molecule has 4 nitrogen and oxygen atoms in total. The van der Waals surface area contributed by atoms with Gasteiger partial charge in [-0.05, 0) is 24.5 Å². The Balaban J connectivity index is 2.13. The minimum absolute atomic E-state index is 0.00884. The second-order valence-electron chi connectivity index (χ2n) is 5.75. The highest BCUT2D eigenvalue weighted by Crippen LogP contribution is 2.34. The molecule has 19 heavy (non-hydrogen) atoms. The molecular formula is C14H24N2O2S. The fourth-order valence-electron chi connectivity index (χ4n) is 3.10. The average molecular weight is 284 g/mol. The van der Waals surface area contributed by atoms with Crippen LogP contribution in [-0.4, -0.2) is 46.3 Å². The molecule has 2 rings (SSSR count). The van der Waals surface area contributed by atoms with E-state index in [0.717, 1.165) is 12.2 Å². The van der Waals surface area contributed by atoms with Crippen molar-refractivity contribution in [3.05, 3.63) is 0 Å². The smallest absolute Gasteiger partial charge is 0.246 e. The van der Waals surface area contributed by atoms with Gasteiger partial charge in [-0.3, -0.25) is 9.59 Å². The molecule has 1 saturated carbocycles. The highest BCUT2D eigenvalue weighted by Gasteiger charge is 2.42. The fraction of sp³-hybridized carbons (Fsp3) is 0.857. The maximum Gasteiger partial charge on any atom is 0.246 e. The zero-order valence-electron chi connectivity index (χ0n) is 12.0. The molecular weight excluding hydrogens is 260 g/mol. The first-order valence-corrected chi connectivity index (χ1v) is 8.31. The van der Waals surface area contributed by atoms with Crippen molar-refractivity contribution in [3.8, 4) is 0 Å². The Hall–Kier alpha value is -0.710. The molecule has 2 amide bonds. The van der Waals surface area contributed by atoms with Crippen LogP contribution in [0.5, 0.6) is 0 Å². The van der Waals surface area contributed by atoms with Crippen LogP contribution in [-0.2, 0) is 9.59 Å². The van der Waals surface area contributed by atoms with Crippen LogP contribution in [0.15, 0.2) is 0 Å². The van der Waals surface area contributed by atoms with E-state index >= 15 is 0 Å². The first-order valence-electron chi connectivity index (χ1n) is 7.26. The van der Waals surface area contributed by atoms with Gasteiger partial charge in [-0.15, -0.1) is 0 Å². The lowest BCUT2D eigenvalue weighted by molar-refractivity contribution is -0.147. The van der Waals surface area contributed by atoms with Crippen LogP contribution in [0.2, 0.25) is 0 Å². The van der Waals surface area contributed by atoms with Crippen LogP contribution in [0.1, 0.15) is 40.0 Å². The normalized spacial score (nSPS) is 32.0. The molecule has 0 aromatic carbocycles. The van der Waals surface area contributed by atoms with Gasteiger partial charge in [0.1, 0.15) is 6.04 Å². The van der Waals surface area contributed by atoms with Crippen molar-refractivity contribution in [3.63, 3.8) is 0 Å². The summed E-state index contributed by atoms with van der Waals surface area (Å²) in [5.74, 6) is 1.33. The number of carbonyl (C=O) groups excluding carboxylic acids is 2. The van der Waals surface area contributed by atoms with Gasteiger partial charge in [0, 0.05) is 11.3 Å². The SMILES string of the molecule is CCSC1CCCC1N1CC(=O)NC(C(C)C)C1=O. The van der Waals surface area contributed by atoms with Gasteiger partial charge in [0.05, 0.1) is 6.54 Å². The highest BCUT2D eigenvalue weighted by atomic mass is 32.2. The number of rotatable bonds is 4. The lowest BCUT2D eigenvalue weighted by Crippen LogP contribution is -2.63. The van der Waals surface area contributed by atoms with E-state index in [-0.39, 0.29) is 36.4 Å². The molecule has 1 heterocycles. The van der Waals surface area contributed by atoms with Crippen LogP contribution in [0, 0.1) is 5.92 Å². The Morgan fingerprint density at radius 2 is 2.11 bits per heavy atom. The van der Waals surface area contributed by atoms with Gasteiger partial charge < -0.3 is 10.2 Å². The topological polar surface area (TPSA) is 49.4 Å². The molecule has 0 aromatic rings. The van der Waals surface area contributed by atoms with E-state index in [1.807, 2.05) is 30.5 Å². The van der Waals surface area contributed by atoms with Crippen molar-refractivity contribution in [1.29, 1.82) is 0 Å². The van der Waals surface area contributed by atoms with Gasteiger partial charge in [0.25, 0.3) is 0 Å². The Morgan fingerprint density at radius 3 is 2.74 bits per heavy atom. The van der Waals surface area contributed by atoms with E-state index < -0.39 is 0 Å². The zero-order valence-corrected chi connectivity index (χ0v) is 12.8. The monoisotopic (exact) mass is 284 g/mol. The van der Waals surface area contributed by atoms with Crippen LogP contribution < -0.4 is 5.32 Å². The quantitative estimate of drug-likeness (QED) is 0.854. The lowest BCUT2D eigenvalue weighted by atomic mass is 9.99. The van der Waals surface area contributed by atoms with Crippen molar-refractivity contribution in [2.24, 2.45) is 5.92 Å². The van der Waals surface area contributed by atoms with E-state index in [1.165, 1.54) is 12.8 Å². The predicted molar refractivity (Wildman–Crippen MR) is 78.0 cm³/mol. The summed E-state index contributed by atoms with van der Waals surface area (Å²) in [6.07, 6.45) is 3.38. The van der Waals surface area contributed by atoms with Crippen molar-refractivity contribution in [2.75, 3.05) is 12.3 Å². The van der Waals surface area contributed by atoms with Gasteiger partial charge >= 0.3 is 0 Å². The summed E-state index contributed by atoms with van der Waals surface area (Å²) in [5, 5.41) is 3.34. The molecule has 0 bridgehead atoms. The van der Waals surface area contributed by atoms with Gasteiger partial charge in [0.15, 0.2) is 0 Å². The molecule has 0 spiro atoms. The largest absolute Gasteiger partial charge is 0.343 e. The number of nitrogens with zero attached hydrogens (tertiary/aromatic N) is 1. The number of thioether (sulfide) groups is 1. The third-order valence-electron chi connectivity index (χ3n) is 4.05. The van der Waals surface area contributed by atoms with E-state index in [1.54, 1.807) is 0 Å². The van der Waals surface area contributed by atoms with Gasteiger partial charge in [-0.1, -0.05) is 27.2 Å². The lowest BCUT2D eigenvalue weighted by Gasteiger charge is -2.39. The van der Waals surface area contributed by atoms with Crippen molar-refractivity contribution in [1.82, 2.24) is 10.2 Å². The minimum Gasteiger partial charge on any atom is -0.343 e. The molecule has 3 atom stereocenters. The van der Waals surface area contributed by atoms with Crippen molar-refractivity contribution >= 4 is 23.6 Å². The van der Waals surface area contributed by atoms with Gasteiger partial charge in [-0.2, -0.15) is 11.8 Å². The molecule has 108 valence electrons. The van der Waals surface area contributed by atoms with Crippen LogP contribution in [0.3, 0.4) is 0 Å². The number of hydrogen-bond donors (Lipinski definition) is 1. The Labute approximate surface area is 119 Å². The fourth-order valence-corrected chi connectivity index (χ4v) is 4.36. The number of hydrogen-bond acceptors (Lipinski definition) is 3. The first-order chi connectivity index (χ1) is 9.04. The summed E-state index contributed by atoms with van der Waals surface area (Å²) < 4.78 is 0. The van der Waals surface area contributed by atoms with Crippen LogP contribution >= 0.6 is 11.8 Å². The van der Waals surface area contributed by atoms with E-state index in [4.69, 9.17) is 0 Å². The minimum atomic E-state index is -0.339. The summed E-state index contributed by atoms with van der Waals surface area (Å²) in [5.41, 5.74) is 0. The maximum absolute atomic E-state index is 12.6. The summed E-state index contributed by atoms with van der Waals surface area (Å²) in [6, 6.07) is -0.0844. The molecule has 0 radical (unpaired) electrons. The molecule has 1 aliphatic carbocycles. The number of piperazine rings is 1. The zero-order chi connectivity index (χ0) is 14.0. The van der Waals surface area contributed by atoms with Crippen molar-refractivity contribution < 1.29 is 9.59 Å². The Kier molecular flexibility index (Phi) is 4.76. The summed E-state index contributed by atoms with van der Waals surface area (Å²) in [4.78, 5) is 26.2. The Bertz CT molecular complexity index is 359. The molecule has 0 aromatic heterocycles. The summed E-state index contributed by atoms with van der Waals surface area (Å²) in [6.45, 7) is 6.37. The second kappa shape index (κ2) is 6.16. The van der Waals surface area contributed by atoms with E-state index in [2.05, 4.69) is 12.2 Å². The number of carbonyl (C=O) groups is 2. The van der Waals surface area contributed by atoms with Gasteiger partial charge in [0.2, 0.25) is 11.8 Å². The number of nitrogens with one attached hydrogen (secondary N) is 1. The third-order valence-corrected chi connectivity index (χ3v) is 5.36.